The lowest BCUT2D eigenvalue weighted by molar-refractivity contribution is 0.102. The first-order chi connectivity index (χ1) is 14.7. The van der Waals surface area contributed by atoms with Crippen molar-refractivity contribution in [2.75, 3.05) is 24.3 Å². The van der Waals surface area contributed by atoms with Gasteiger partial charge in [-0.15, -0.1) is 0 Å². The number of benzene rings is 3. The molecule has 0 aliphatic rings. The van der Waals surface area contributed by atoms with E-state index in [2.05, 4.69) is 10.0 Å². The number of amides is 1. The van der Waals surface area contributed by atoms with Crippen LogP contribution in [0.25, 0.3) is 0 Å². The molecule has 0 aromatic heterocycles. The number of anilines is 2. The van der Waals surface area contributed by atoms with Gasteiger partial charge in [-0.3, -0.25) is 9.52 Å². The smallest absolute Gasteiger partial charge is 0.265 e. The van der Waals surface area contributed by atoms with Gasteiger partial charge in [0.15, 0.2) is 0 Å². The van der Waals surface area contributed by atoms with Gasteiger partial charge >= 0.3 is 0 Å². The molecule has 0 atom stereocenters. The summed E-state index contributed by atoms with van der Waals surface area (Å²) in [7, 11) is -1.07. The molecule has 0 bridgehead atoms. The Labute approximate surface area is 182 Å². The number of sulfonamides is 1. The summed E-state index contributed by atoms with van der Waals surface area (Å²) in [5.41, 5.74) is 3.01. The predicted molar refractivity (Wildman–Crippen MR) is 121 cm³/mol. The Bertz CT molecular complexity index is 1210. The molecule has 0 spiro atoms. The zero-order chi connectivity index (χ0) is 22.6. The lowest BCUT2D eigenvalue weighted by atomic mass is 10.1. The van der Waals surface area contributed by atoms with Gasteiger partial charge in [0.2, 0.25) is 0 Å². The van der Waals surface area contributed by atoms with Crippen molar-refractivity contribution in [3.8, 4) is 11.5 Å². The van der Waals surface area contributed by atoms with Crippen molar-refractivity contribution in [1.82, 2.24) is 0 Å². The molecule has 0 aliphatic carbocycles. The van der Waals surface area contributed by atoms with E-state index in [4.69, 9.17) is 9.47 Å². The Hall–Kier alpha value is -3.52. The molecule has 2 N–H and O–H groups in total. The lowest BCUT2D eigenvalue weighted by Gasteiger charge is -2.14. The second-order valence-electron chi connectivity index (χ2n) is 6.97. The molecule has 0 saturated heterocycles. The Kier molecular flexibility index (Phi) is 6.50. The van der Waals surface area contributed by atoms with Gasteiger partial charge in [-0.25, -0.2) is 8.42 Å². The fraction of sp³-hybridized carbons (Fsp3) is 0.174. The summed E-state index contributed by atoms with van der Waals surface area (Å²) < 4.78 is 38.8. The van der Waals surface area contributed by atoms with Gasteiger partial charge < -0.3 is 14.8 Å². The molecule has 1 amide bonds. The highest BCUT2D eigenvalue weighted by Crippen LogP contribution is 2.29. The minimum atomic E-state index is -3.98. The van der Waals surface area contributed by atoms with Crippen molar-refractivity contribution in [2.24, 2.45) is 0 Å². The zero-order valence-corrected chi connectivity index (χ0v) is 18.5. The monoisotopic (exact) mass is 440 g/mol. The summed E-state index contributed by atoms with van der Waals surface area (Å²) in [4.78, 5) is 12.6. The van der Waals surface area contributed by atoms with E-state index in [-0.39, 0.29) is 16.6 Å². The van der Waals surface area contributed by atoms with Crippen molar-refractivity contribution < 1.29 is 22.7 Å². The van der Waals surface area contributed by atoms with Crippen LogP contribution in [-0.4, -0.2) is 28.5 Å². The minimum Gasteiger partial charge on any atom is -0.497 e. The van der Waals surface area contributed by atoms with Crippen LogP contribution in [0.3, 0.4) is 0 Å². The molecule has 0 fully saturated rings. The van der Waals surface area contributed by atoms with Crippen molar-refractivity contribution in [3.05, 3.63) is 77.4 Å². The van der Waals surface area contributed by atoms with Crippen molar-refractivity contribution in [1.29, 1.82) is 0 Å². The molecular weight excluding hydrogens is 416 g/mol. The van der Waals surface area contributed by atoms with E-state index in [1.807, 2.05) is 26.0 Å². The van der Waals surface area contributed by atoms with E-state index >= 15 is 0 Å². The summed E-state index contributed by atoms with van der Waals surface area (Å²) in [6, 6.07) is 16.5. The van der Waals surface area contributed by atoms with Gasteiger partial charge in [0.1, 0.15) is 16.4 Å². The molecule has 3 aromatic carbocycles. The van der Waals surface area contributed by atoms with Crippen LogP contribution in [0.4, 0.5) is 11.4 Å². The zero-order valence-electron chi connectivity index (χ0n) is 17.7. The van der Waals surface area contributed by atoms with Gasteiger partial charge in [-0.05, 0) is 67.9 Å². The molecule has 3 rings (SSSR count). The van der Waals surface area contributed by atoms with Crippen LogP contribution >= 0.6 is 0 Å². The Morgan fingerprint density at radius 1 is 0.839 bits per heavy atom. The van der Waals surface area contributed by atoms with Gasteiger partial charge in [-0.2, -0.15) is 0 Å². The normalized spacial score (nSPS) is 11.0. The Morgan fingerprint density at radius 3 is 2.16 bits per heavy atom. The summed E-state index contributed by atoms with van der Waals surface area (Å²) in [6.07, 6.45) is 0. The number of aryl methyl sites for hydroxylation is 2. The SMILES string of the molecule is COc1ccc(NS(=O)(=O)c2cc(NC(=O)c3cc(C)ccc3C)ccc2OC)cc1. The predicted octanol–water partition coefficient (Wildman–Crippen LogP) is 4.37. The molecule has 31 heavy (non-hydrogen) atoms. The first-order valence-electron chi connectivity index (χ1n) is 9.47. The van der Waals surface area contributed by atoms with Crippen LogP contribution in [0.2, 0.25) is 0 Å². The number of nitrogens with one attached hydrogen (secondary N) is 2. The maximum atomic E-state index is 13.0. The van der Waals surface area contributed by atoms with Crippen molar-refractivity contribution in [2.45, 2.75) is 18.7 Å². The van der Waals surface area contributed by atoms with E-state index < -0.39 is 10.0 Å². The lowest BCUT2D eigenvalue weighted by Crippen LogP contribution is -2.16. The number of ether oxygens (including phenoxy) is 2. The van der Waals surface area contributed by atoms with Gasteiger partial charge in [-0.1, -0.05) is 17.7 Å². The number of carbonyl (C=O) groups is 1. The quantitative estimate of drug-likeness (QED) is 0.569. The first kappa shape index (κ1) is 22.2. The topological polar surface area (TPSA) is 93.7 Å². The maximum Gasteiger partial charge on any atom is 0.265 e. The average molecular weight is 441 g/mol. The summed E-state index contributed by atoms with van der Waals surface area (Å²) in [5, 5.41) is 2.77. The number of hydrogen-bond acceptors (Lipinski definition) is 5. The second kappa shape index (κ2) is 9.09. The number of hydrogen-bond donors (Lipinski definition) is 2. The molecule has 0 heterocycles. The van der Waals surface area contributed by atoms with Crippen LogP contribution in [0.1, 0.15) is 21.5 Å². The molecule has 7 nitrogen and oxygen atoms in total. The first-order valence-corrected chi connectivity index (χ1v) is 11.0. The Morgan fingerprint density at radius 2 is 1.52 bits per heavy atom. The summed E-state index contributed by atoms with van der Waals surface area (Å²) in [6.45, 7) is 3.75. The highest BCUT2D eigenvalue weighted by atomic mass is 32.2. The molecule has 0 radical (unpaired) electrons. The molecule has 162 valence electrons. The molecule has 0 unspecified atom stereocenters. The van der Waals surface area contributed by atoms with Crippen LogP contribution < -0.4 is 19.5 Å². The second-order valence-corrected chi connectivity index (χ2v) is 8.62. The third kappa shape index (κ3) is 5.16. The van der Waals surface area contributed by atoms with Crippen LogP contribution in [-0.2, 0) is 10.0 Å². The van der Waals surface area contributed by atoms with Crippen molar-refractivity contribution >= 4 is 27.3 Å². The van der Waals surface area contributed by atoms with E-state index in [1.54, 1.807) is 36.4 Å². The van der Waals surface area contributed by atoms with Gasteiger partial charge in [0.05, 0.1) is 14.2 Å². The number of methoxy groups -OCH3 is 2. The minimum absolute atomic E-state index is 0.0930. The molecule has 3 aromatic rings. The third-order valence-corrected chi connectivity index (χ3v) is 6.09. The van der Waals surface area contributed by atoms with E-state index in [9.17, 15) is 13.2 Å². The average Bonchev–Trinajstić information content (AvgIpc) is 2.75. The van der Waals surface area contributed by atoms with Gasteiger partial charge in [0, 0.05) is 16.9 Å². The molecule has 0 aliphatic heterocycles. The Balaban J connectivity index is 1.90. The molecule has 0 saturated carbocycles. The molecular formula is C23H24N2O5S. The fourth-order valence-corrected chi connectivity index (χ4v) is 4.27. The summed E-state index contributed by atoms with van der Waals surface area (Å²) >= 11 is 0. The standard InChI is InChI=1S/C23H24N2O5S/c1-15-5-6-16(2)20(13-15)23(26)24-18-9-12-21(30-4)22(14-18)31(27,28)25-17-7-10-19(29-3)11-8-17/h5-14,25H,1-4H3,(H,24,26). The van der Waals surface area contributed by atoms with Crippen LogP contribution in [0, 0.1) is 13.8 Å². The van der Waals surface area contributed by atoms with E-state index in [0.29, 0.717) is 22.7 Å². The van der Waals surface area contributed by atoms with E-state index in [1.165, 1.54) is 26.4 Å². The fourth-order valence-electron chi connectivity index (χ4n) is 3.01. The summed E-state index contributed by atoms with van der Waals surface area (Å²) in [5.74, 6) is 0.445. The highest BCUT2D eigenvalue weighted by molar-refractivity contribution is 7.92. The van der Waals surface area contributed by atoms with Crippen molar-refractivity contribution in [3.63, 3.8) is 0 Å². The van der Waals surface area contributed by atoms with Crippen LogP contribution in [0.15, 0.2) is 65.6 Å². The van der Waals surface area contributed by atoms with E-state index in [0.717, 1.165) is 11.1 Å². The maximum absolute atomic E-state index is 13.0. The third-order valence-electron chi connectivity index (χ3n) is 4.69. The largest absolute Gasteiger partial charge is 0.497 e. The molecule has 8 heteroatoms. The highest BCUT2D eigenvalue weighted by Gasteiger charge is 2.21. The number of rotatable bonds is 7. The van der Waals surface area contributed by atoms with Crippen LogP contribution in [0.5, 0.6) is 11.5 Å². The number of carbonyl (C=O) groups excluding carboxylic acids is 1. The van der Waals surface area contributed by atoms with Gasteiger partial charge in [0.25, 0.3) is 15.9 Å².